The van der Waals surface area contributed by atoms with Crippen molar-refractivity contribution in [3.05, 3.63) is 22.5 Å². The van der Waals surface area contributed by atoms with Crippen molar-refractivity contribution in [1.29, 1.82) is 0 Å². The molecule has 1 aromatic heterocycles. The molecule has 0 aliphatic heterocycles. The fourth-order valence-electron chi connectivity index (χ4n) is 0.369. The first-order valence-electron chi connectivity index (χ1n) is 3.05. The molecule has 1 aromatic rings. The Morgan fingerprint density at radius 3 is 3.11 bits per heavy atom. The first-order valence-corrected chi connectivity index (χ1v) is 2.84. The van der Waals surface area contributed by atoms with Crippen molar-refractivity contribution in [2.24, 2.45) is 0 Å². The van der Waals surface area contributed by atoms with E-state index in [0.717, 1.165) is 0 Å². The van der Waals surface area contributed by atoms with E-state index in [2.05, 4.69) is 20.9 Å². The van der Waals surface area contributed by atoms with Gasteiger partial charge >= 0.3 is 0 Å². The third-order valence-electron chi connectivity index (χ3n) is 0.639. The van der Waals surface area contributed by atoms with Crippen molar-refractivity contribution in [3.8, 4) is 5.88 Å². The van der Waals surface area contributed by atoms with E-state index in [4.69, 9.17) is 7.85 Å². The largest absolute Gasteiger partial charge is 0.493 e. The number of nitrogens with zero attached hydrogens (tertiary/aromatic N) is 1. The standard InChI is InChI=1S/C5H3BrFNO/c6-3-1-4(7)8-5(9)2-3/h1-2H,(H,8,9)/i1D,2D. The van der Waals surface area contributed by atoms with Gasteiger partial charge < -0.3 is 5.11 Å². The van der Waals surface area contributed by atoms with Gasteiger partial charge in [-0.25, -0.2) is 0 Å². The van der Waals surface area contributed by atoms with Gasteiger partial charge in [-0.3, -0.25) is 0 Å². The van der Waals surface area contributed by atoms with Crippen LogP contribution >= 0.6 is 15.9 Å². The van der Waals surface area contributed by atoms with Gasteiger partial charge in [-0.15, -0.1) is 0 Å². The van der Waals surface area contributed by atoms with Gasteiger partial charge in [0, 0.05) is 16.6 Å². The van der Waals surface area contributed by atoms with Crippen LogP contribution in [0.15, 0.2) is 16.6 Å². The summed E-state index contributed by atoms with van der Waals surface area (Å²) >= 11 is 2.77. The summed E-state index contributed by atoms with van der Waals surface area (Å²) < 4.78 is 26.4. The zero-order chi connectivity index (χ0) is 8.59. The molecule has 0 saturated heterocycles. The van der Waals surface area contributed by atoms with E-state index in [-0.39, 0.29) is 10.5 Å². The molecule has 0 saturated carbocycles. The van der Waals surface area contributed by atoms with E-state index in [1.54, 1.807) is 0 Å². The van der Waals surface area contributed by atoms with Gasteiger partial charge in [-0.05, 0) is 0 Å². The number of hydrogen-bond acceptors (Lipinski definition) is 2. The second-order valence-corrected chi connectivity index (χ2v) is 2.08. The molecule has 4 heteroatoms. The minimum absolute atomic E-state index is 0.0949. The summed E-state index contributed by atoms with van der Waals surface area (Å²) in [5.74, 6) is -1.81. The molecular weight excluding hydrogens is 189 g/mol. The Kier molecular flexibility index (Phi) is 1.08. The molecule has 0 radical (unpaired) electrons. The molecule has 0 atom stereocenters. The highest BCUT2D eigenvalue weighted by Crippen LogP contribution is 2.14. The maximum atomic E-state index is 12.4. The van der Waals surface area contributed by atoms with Crippen LogP contribution in [0.25, 0.3) is 0 Å². The van der Waals surface area contributed by atoms with Gasteiger partial charge in [0.05, 0.1) is 2.74 Å². The monoisotopic (exact) mass is 193 g/mol. The first kappa shape index (κ1) is 4.22. The molecule has 1 N–H and O–H groups in total. The van der Waals surface area contributed by atoms with Gasteiger partial charge in [0.15, 0.2) is 0 Å². The maximum absolute atomic E-state index is 12.4. The molecule has 0 aliphatic rings. The van der Waals surface area contributed by atoms with E-state index < -0.39 is 17.9 Å². The van der Waals surface area contributed by atoms with Crippen molar-refractivity contribution in [1.82, 2.24) is 4.98 Å². The van der Waals surface area contributed by atoms with Crippen LogP contribution in [0.3, 0.4) is 0 Å². The minimum atomic E-state index is -1.09. The summed E-state index contributed by atoms with van der Waals surface area (Å²) in [6, 6.07) is -0.899. The van der Waals surface area contributed by atoms with Crippen LogP contribution < -0.4 is 0 Å². The van der Waals surface area contributed by atoms with E-state index in [1.165, 1.54) is 0 Å². The molecule has 9 heavy (non-hydrogen) atoms. The van der Waals surface area contributed by atoms with Crippen LogP contribution in [0.2, 0.25) is 0 Å². The summed E-state index contributed by atoms with van der Waals surface area (Å²) in [6.07, 6.45) is 0. The SMILES string of the molecule is [2H]c1c(O)nc(F)c([2H])c1Br. The molecular formula is C5H3BrFNO. The molecule has 0 unspecified atom stereocenters. The average Bonchev–Trinajstić information content (AvgIpc) is 1.97. The van der Waals surface area contributed by atoms with Crippen molar-refractivity contribution < 1.29 is 12.2 Å². The third kappa shape index (κ3) is 1.64. The molecule has 1 rings (SSSR count). The molecule has 0 bridgehead atoms. The Hall–Kier alpha value is -0.640. The van der Waals surface area contributed by atoms with E-state index in [9.17, 15) is 4.39 Å². The lowest BCUT2D eigenvalue weighted by molar-refractivity contribution is 0.435. The van der Waals surface area contributed by atoms with E-state index in [0.29, 0.717) is 0 Å². The Labute approximate surface area is 62.3 Å². The fraction of sp³-hybridized carbons (Fsp3) is 0. The quantitative estimate of drug-likeness (QED) is 0.637. The second-order valence-electron chi connectivity index (χ2n) is 1.29. The van der Waals surface area contributed by atoms with Gasteiger partial charge in [0.2, 0.25) is 11.8 Å². The van der Waals surface area contributed by atoms with Crippen LogP contribution in [0.1, 0.15) is 2.74 Å². The molecule has 0 spiro atoms. The van der Waals surface area contributed by atoms with Crippen molar-refractivity contribution >= 4 is 15.9 Å². The van der Waals surface area contributed by atoms with Crippen LogP contribution in [0.5, 0.6) is 5.88 Å². The first-order chi connectivity index (χ1) is 5.04. The van der Waals surface area contributed by atoms with Crippen LogP contribution in [0, 0.1) is 5.95 Å². The second kappa shape index (κ2) is 2.31. The number of rotatable bonds is 0. The lowest BCUT2D eigenvalue weighted by Crippen LogP contribution is -1.80. The number of pyridine rings is 1. The predicted octanol–water partition coefficient (Wildman–Crippen LogP) is 1.69. The Bertz CT molecular complexity index is 281. The van der Waals surface area contributed by atoms with Gasteiger partial charge in [0.1, 0.15) is 0 Å². The van der Waals surface area contributed by atoms with Crippen molar-refractivity contribution in [3.63, 3.8) is 0 Å². The Balaban J connectivity index is 3.46. The zero-order valence-corrected chi connectivity index (χ0v) is 5.74. The summed E-state index contributed by atoms with van der Waals surface area (Å²) in [4.78, 5) is 2.92. The highest BCUT2D eigenvalue weighted by molar-refractivity contribution is 9.10. The highest BCUT2D eigenvalue weighted by Gasteiger charge is 1.95. The number of aromatic nitrogens is 1. The predicted molar refractivity (Wildman–Crippen MR) is 33.6 cm³/mol. The van der Waals surface area contributed by atoms with E-state index >= 15 is 0 Å². The average molecular weight is 194 g/mol. The Morgan fingerprint density at radius 1 is 1.78 bits per heavy atom. The molecule has 1 heterocycles. The summed E-state index contributed by atoms with van der Waals surface area (Å²) in [7, 11) is 0. The van der Waals surface area contributed by atoms with Crippen LogP contribution in [0.4, 0.5) is 4.39 Å². The summed E-state index contributed by atoms with van der Waals surface area (Å²) in [5.41, 5.74) is 0. The van der Waals surface area contributed by atoms with E-state index in [1.807, 2.05) is 0 Å². The Morgan fingerprint density at radius 2 is 2.44 bits per heavy atom. The number of hydrogen-bond donors (Lipinski definition) is 1. The van der Waals surface area contributed by atoms with Crippen molar-refractivity contribution in [2.45, 2.75) is 0 Å². The fourth-order valence-corrected chi connectivity index (χ4v) is 0.710. The number of aromatic hydroxyl groups is 1. The summed E-state index contributed by atoms with van der Waals surface area (Å²) in [5, 5.41) is 8.75. The molecule has 2 nitrogen and oxygen atoms in total. The van der Waals surface area contributed by atoms with Gasteiger partial charge in [-0.2, -0.15) is 9.37 Å². The number of halogens is 2. The summed E-state index contributed by atoms with van der Waals surface area (Å²) in [6.45, 7) is 0. The molecule has 0 aromatic carbocycles. The molecule has 0 amide bonds. The zero-order valence-electron chi connectivity index (χ0n) is 6.15. The molecule has 48 valence electrons. The normalized spacial score (nSPS) is 12.7. The third-order valence-corrected chi connectivity index (χ3v) is 1.04. The topological polar surface area (TPSA) is 33.1 Å². The lowest BCUT2D eigenvalue weighted by atomic mass is 10.5. The van der Waals surface area contributed by atoms with Gasteiger partial charge in [-0.1, -0.05) is 15.9 Å². The smallest absolute Gasteiger partial charge is 0.217 e. The van der Waals surface area contributed by atoms with Crippen LogP contribution in [-0.2, 0) is 0 Å². The van der Waals surface area contributed by atoms with Crippen LogP contribution in [-0.4, -0.2) is 10.1 Å². The molecule has 0 aliphatic carbocycles. The van der Waals surface area contributed by atoms with Gasteiger partial charge in [0.25, 0.3) is 0 Å². The lowest BCUT2D eigenvalue weighted by Gasteiger charge is -1.90. The maximum Gasteiger partial charge on any atom is 0.217 e. The highest BCUT2D eigenvalue weighted by atomic mass is 79.9. The van der Waals surface area contributed by atoms with Crippen molar-refractivity contribution in [2.75, 3.05) is 0 Å². The minimum Gasteiger partial charge on any atom is -0.493 e. The molecule has 0 fully saturated rings.